The summed E-state index contributed by atoms with van der Waals surface area (Å²) in [6.07, 6.45) is 12.2. The van der Waals surface area contributed by atoms with E-state index in [4.69, 9.17) is 27.4 Å². The molecule has 43 heteroatoms. The second kappa shape index (κ2) is 35.2. The number of anilines is 3. The number of amides is 2. The van der Waals surface area contributed by atoms with Crippen LogP contribution in [0.2, 0.25) is 0 Å². The molecule has 2 amide bonds. The van der Waals surface area contributed by atoms with Crippen LogP contribution in [-0.2, 0) is 18.5 Å². The molecule has 108 heavy (non-hydrogen) atoms. The van der Waals surface area contributed by atoms with Gasteiger partial charge in [-0.1, -0.05) is 0 Å². The van der Waals surface area contributed by atoms with Gasteiger partial charge in [-0.25, -0.2) is 34.0 Å². The quantitative estimate of drug-likeness (QED) is 0.0407. The van der Waals surface area contributed by atoms with Gasteiger partial charge in [-0.15, -0.1) is 30.6 Å². The number of carbonyl (C=O) groups excluding carboxylic acids is 3. The summed E-state index contributed by atoms with van der Waals surface area (Å²) < 4.78 is 125. The van der Waals surface area contributed by atoms with Gasteiger partial charge in [0.25, 0.3) is 17.1 Å². The molecule has 0 saturated carbocycles. The third-order valence-corrected chi connectivity index (χ3v) is 14.7. The predicted octanol–water partition coefficient (Wildman–Crippen LogP) is 10.7. The fraction of sp³-hybridized carbons (Fsp3) is 0.0462. The summed E-state index contributed by atoms with van der Waals surface area (Å²) in [6, 6.07) is 25.0. The van der Waals surface area contributed by atoms with Crippen molar-refractivity contribution in [3.8, 4) is 62.4 Å². The van der Waals surface area contributed by atoms with Gasteiger partial charge in [-0.3, -0.25) is 44.3 Å². The average Bonchev–Trinajstić information content (AvgIpc) is 1.64. The van der Waals surface area contributed by atoms with E-state index in [-0.39, 0.29) is 63.1 Å². The van der Waals surface area contributed by atoms with Crippen LogP contribution in [-0.4, -0.2) is 144 Å². The van der Waals surface area contributed by atoms with E-state index >= 15 is 0 Å². The van der Waals surface area contributed by atoms with E-state index in [9.17, 15) is 53.9 Å². The van der Waals surface area contributed by atoms with Gasteiger partial charge in [0.15, 0.2) is 46.2 Å². The number of pyridine rings is 6. The number of rotatable bonds is 13. The number of aromatic nitrogens is 22. The Kier molecular flexibility index (Phi) is 25.2. The SMILES string of the molecule is Nc1ccc(-n2nc(-c3cccnc3)cc2C(F)(F)F)nn1.O=C(Cl)c1cncc(Br)c1.O=C(Nc1ccc(-n2nc(-c3cccnc3)cc2C(F)(F)F)nn1)c1cncc(-c2cncnc2)c1.O=C(Nc1ccc(-n2nc(-c3cccnc3)cc2C(F)(F)F)nn1)c1cncc(Br)c1.OB(O)c1cncnc1. The zero-order valence-electron chi connectivity index (χ0n) is 53.9. The molecule has 0 atom stereocenters. The molecule has 544 valence electrons. The number of hydrogen-bond acceptors (Lipinski definition) is 25. The summed E-state index contributed by atoms with van der Waals surface area (Å²) in [5.74, 6) is -1.24. The van der Waals surface area contributed by atoms with E-state index in [0.717, 1.165) is 22.7 Å². The minimum atomic E-state index is -4.69. The summed E-state index contributed by atoms with van der Waals surface area (Å²) in [4.78, 5) is 73.9. The van der Waals surface area contributed by atoms with Crippen LogP contribution in [0.5, 0.6) is 0 Å². The maximum atomic E-state index is 13.7. The lowest BCUT2D eigenvalue weighted by Crippen LogP contribution is -2.30. The molecular weight excluding hydrogens is 1590 g/mol. The summed E-state index contributed by atoms with van der Waals surface area (Å²) in [6.45, 7) is 0. The van der Waals surface area contributed by atoms with E-state index in [1.807, 2.05) is 0 Å². The standard InChI is InChI=1S/C23H14F3N9O.C19H11BrF3N7O.C13H9F3N6.C6H3BrClNO.C4H5BN2O2/c24-23(25,26)19-7-18(14-2-1-5-27-8-14)34-35(19)21-4-3-20(32-33-21)31-22(36)16-6-15(9-28-10-16)17-11-29-13-30-12-17;20-13-6-12(9-25-10-13)18(31)26-16-3-4-17(28-27-16)30-15(19(21,22)23)7-14(29-30)11-2-1-5-24-8-11;14-13(15,16)10-6-9(8-2-1-5-18-7-8)21-22(10)12-4-3-11(17)19-20-12;7-5-1-4(6(8)10)2-9-3-5;8-5(9)4-1-6-3-7-2-4/h1-13H,(H,31,32,36);1-10H,(H,26,27,31);1-7H,(H2,17,19);1-3H;1-3,8-9H. The molecule has 0 spiro atoms. The van der Waals surface area contributed by atoms with Gasteiger partial charge in [0.1, 0.15) is 18.5 Å². The number of carbonyl (C=O) groups is 3. The lowest BCUT2D eigenvalue weighted by atomic mass is 9.83. The maximum absolute atomic E-state index is 13.7. The Morgan fingerprint density at radius 2 is 0.769 bits per heavy atom. The molecule has 6 N–H and O–H groups in total. The van der Waals surface area contributed by atoms with Crippen LogP contribution in [0.4, 0.5) is 57.0 Å². The average molecular weight is 1630 g/mol. The molecular formula is C65H42BBr2ClF9N25O5. The number of nitrogens with one attached hydrogen (secondary N) is 2. The van der Waals surface area contributed by atoms with Crippen LogP contribution in [0, 0.1) is 0 Å². The van der Waals surface area contributed by atoms with Crippen molar-refractivity contribution in [2.45, 2.75) is 18.5 Å². The molecule has 0 fully saturated rings. The minimum absolute atomic E-state index is 0.0328. The zero-order chi connectivity index (χ0) is 77.1. The van der Waals surface area contributed by atoms with Crippen molar-refractivity contribution >= 4 is 90.6 Å². The molecule has 0 aliphatic carbocycles. The van der Waals surface area contributed by atoms with Crippen molar-refractivity contribution in [1.82, 2.24) is 110 Å². The van der Waals surface area contributed by atoms with Crippen molar-refractivity contribution in [1.29, 1.82) is 0 Å². The molecule has 0 aromatic carbocycles. The molecule has 0 aliphatic rings. The molecule has 0 saturated heterocycles. The first-order valence-corrected chi connectivity index (χ1v) is 32.0. The van der Waals surface area contributed by atoms with Crippen molar-refractivity contribution in [2.24, 2.45) is 0 Å². The van der Waals surface area contributed by atoms with Crippen molar-refractivity contribution in [2.75, 3.05) is 16.4 Å². The van der Waals surface area contributed by atoms with E-state index in [0.29, 0.717) is 57.4 Å². The van der Waals surface area contributed by atoms with E-state index in [1.54, 1.807) is 79.4 Å². The highest BCUT2D eigenvalue weighted by molar-refractivity contribution is 9.10. The maximum Gasteiger partial charge on any atom is 0.491 e. The Balaban J connectivity index is 0.000000156. The number of nitrogen functional groups attached to an aromatic ring is 1. The minimum Gasteiger partial charge on any atom is -0.423 e. The first kappa shape index (κ1) is 77.6. The zero-order valence-corrected chi connectivity index (χ0v) is 57.9. The van der Waals surface area contributed by atoms with Crippen molar-refractivity contribution in [3.63, 3.8) is 0 Å². The van der Waals surface area contributed by atoms with Crippen LogP contribution in [0.25, 0.3) is 62.4 Å². The van der Waals surface area contributed by atoms with Gasteiger partial charge in [-0.2, -0.15) is 54.8 Å². The lowest BCUT2D eigenvalue weighted by molar-refractivity contribution is -0.143. The molecule has 0 unspecified atom stereocenters. The smallest absolute Gasteiger partial charge is 0.423 e. The molecule has 0 bridgehead atoms. The largest absolute Gasteiger partial charge is 0.491 e. The molecule has 14 rings (SSSR count). The van der Waals surface area contributed by atoms with Crippen LogP contribution in [0.1, 0.15) is 48.2 Å². The van der Waals surface area contributed by atoms with Gasteiger partial charge in [-0.05, 0) is 153 Å². The fourth-order valence-corrected chi connectivity index (χ4v) is 9.58. The van der Waals surface area contributed by atoms with Gasteiger partial charge in [0.2, 0.25) is 0 Å². The fourth-order valence-electron chi connectivity index (χ4n) is 8.74. The first-order chi connectivity index (χ1) is 51.6. The van der Waals surface area contributed by atoms with Crippen LogP contribution >= 0.6 is 43.5 Å². The molecule has 14 aromatic rings. The second-order valence-corrected chi connectivity index (χ2v) is 23.3. The van der Waals surface area contributed by atoms with Crippen LogP contribution < -0.4 is 21.8 Å². The highest BCUT2D eigenvalue weighted by Gasteiger charge is 2.39. The Morgan fingerprint density at radius 1 is 0.407 bits per heavy atom. The number of alkyl halides is 9. The van der Waals surface area contributed by atoms with Crippen LogP contribution in [0.15, 0.2) is 230 Å². The molecule has 30 nitrogen and oxygen atoms in total. The monoisotopic (exact) mass is 1630 g/mol. The Bertz CT molecular complexity index is 5350. The number of halogens is 12. The third kappa shape index (κ3) is 21.1. The summed E-state index contributed by atoms with van der Waals surface area (Å²) in [5.41, 5.74) is 6.51. The Labute approximate surface area is 622 Å². The number of hydrogen-bond donors (Lipinski definition) is 5. The summed E-state index contributed by atoms with van der Waals surface area (Å²) >= 11 is 11.5. The van der Waals surface area contributed by atoms with Gasteiger partial charge in [0, 0.05) is 141 Å². The Hall–Kier alpha value is -13.1. The normalized spacial score (nSPS) is 11.0. The van der Waals surface area contributed by atoms with Gasteiger partial charge < -0.3 is 26.4 Å². The van der Waals surface area contributed by atoms with Crippen LogP contribution in [0.3, 0.4) is 0 Å². The van der Waals surface area contributed by atoms with Crippen molar-refractivity contribution < 1.29 is 63.9 Å². The second-order valence-electron chi connectivity index (χ2n) is 21.2. The van der Waals surface area contributed by atoms with E-state index in [1.165, 1.54) is 123 Å². The third-order valence-electron chi connectivity index (χ3n) is 13.6. The topological polar surface area (TPSA) is 401 Å². The number of nitrogens with zero attached hydrogens (tertiary/aromatic N) is 22. The van der Waals surface area contributed by atoms with E-state index < -0.39 is 59.8 Å². The molecule has 14 aromatic heterocycles. The highest BCUT2D eigenvalue weighted by Crippen LogP contribution is 2.37. The van der Waals surface area contributed by atoms with Crippen molar-refractivity contribution in [3.05, 3.63) is 264 Å². The predicted molar refractivity (Wildman–Crippen MR) is 374 cm³/mol. The van der Waals surface area contributed by atoms with Gasteiger partial charge >= 0.3 is 25.6 Å². The summed E-state index contributed by atoms with van der Waals surface area (Å²) in [7, 11) is -1.47. The molecule has 0 aliphatic heterocycles. The molecule has 14 heterocycles. The highest BCUT2D eigenvalue weighted by atomic mass is 79.9. The Morgan fingerprint density at radius 3 is 1.10 bits per heavy atom. The molecule has 0 radical (unpaired) electrons. The van der Waals surface area contributed by atoms with Gasteiger partial charge in [0.05, 0.1) is 33.8 Å². The van der Waals surface area contributed by atoms with E-state index in [2.05, 4.69) is 138 Å². The number of nitrogens with two attached hydrogens (primary N) is 1. The lowest BCUT2D eigenvalue weighted by Gasteiger charge is -2.09. The first-order valence-electron chi connectivity index (χ1n) is 30.0. The summed E-state index contributed by atoms with van der Waals surface area (Å²) in [5, 5.41) is 56.0.